The van der Waals surface area contributed by atoms with E-state index in [-0.39, 0.29) is 0 Å². The van der Waals surface area contributed by atoms with Crippen molar-refractivity contribution < 1.29 is 0 Å². The van der Waals surface area contributed by atoms with Gasteiger partial charge in [-0.2, -0.15) is 0 Å². The number of hydrogen-bond acceptors (Lipinski definition) is 2. The molecule has 0 fully saturated rings. The van der Waals surface area contributed by atoms with Crippen LogP contribution in [0.1, 0.15) is 6.92 Å². The second-order valence-electron chi connectivity index (χ2n) is 6.66. The Morgan fingerprint density at radius 2 is 1.22 bits per heavy atom. The molecular formula is C25H18N2. The van der Waals surface area contributed by atoms with Gasteiger partial charge in [0.25, 0.3) is 0 Å². The molecule has 0 bridgehead atoms. The molecule has 0 aliphatic carbocycles. The highest BCUT2D eigenvalue weighted by atomic mass is 14.8. The molecule has 0 unspecified atom stereocenters. The Morgan fingerprint density at radius 3 is 1.85 bits per heavy atom. The molecule has 5 aromatic carbocycles. The molecule has 2 nitrogen and oxygen atoms in total. The monoisotopic (exact) mass is 346 g/mol. The highest BCUT2D eigenvalue weighted by Crippen LogP contribution is 2.47. The number of hydrogen-bond donors (Lipinski definition) is 0. The van der Waals surface area contributed by atoms with E-state index in [1.54, 1.807) is 0 Å². The lowest BCUT2D eigenvalue weighted by atomic mass is 9.91. The Morgan fingerprint density at radius 1 is 0.630 bits per heavy atom. The van der Waals surface area contributed by atoms with E-state index in [9.17, 15) is 0 Å². The maximum absolute atomic E-state index is 4.71. The van der Waals surface area contributed by atoms with E-state index in [4.69, 9.17) is 4.99 Å². The molecule has 0 heterocycles. The van der Waals surface area contributed by atoms with Gasteiger partial charge in [0.15, 0.2) is 0 Å². The lowest BCUT2D eigenvalue weighted by molar-refractivity contribution is 1.53. The van der Waals surface area contributed by atoms with Crippen molar-refractivity contribution in [3.63, 3.8) is 0 Å². The molecule has 0 saturated heterocycles. The van der Waals surface area contributed by atoms with Crippen LogP contribution < -0.4 is 0 Å². The van der Waals surface area contributed by atoms with Crippen molar-refractivity contribution in [2.45, 2.75) is 6.92 Å². The van der Waals surface area contributed by atoms with Crippen LogP contribution in [-0.2, 0) is 0 Å². The van der Waals surface area contributed by atoms with Crippen LogP contribution in [0.3, 0.4) is 0 Å². The number of fused-ring (bicyclic) bond motifs is 7. The lowest BCUT2D eigenvalue weighted by Gasteiger charge is -2.15. The van der Waals surface area contributed by atoms with Crippen molar-refractivity contribution in [3.05, 3.63) is 72.8 Å². The highest BCUT2D eigenvalue weighted by molar-refractivity contribution is 6.31. The third-order valence-corrected chi connectivity index (χ3v) is 5.26. The Bertz CT molecular complexity index is 1390. The topological polar surface area (TPSA) is 24.7 Å². The van der Waals surface area contributed by atoms with Crippen molar-refractivity contribution in [2.24, 2.45) is 9.98 Å². The molecule has 5 aromatic rings. The minimum absolute atomic E-state index is 0.850. The maximum atomic E-state index is 4.71. The smallest absolute Gasteiger partial charge is 0.0969 e. The first kappa shape index (κ1) is 15.7. The fourth-order valence-corrected chi connectivity index (χ4v) is 4.15. The maximum Gasteiger partial charge on any atom is 0.0969 e. The quantitative estimate of drug-likeness (QED) is 0.236. The van der Waals surface area contributed by atoms with Crippen LogP contribution in [-0.4, -0.2) is 12.9 Å². The van der Waals surface area contributed by atoms with E-state index < -0.39 is 0 Å². The van der Waals surface area contributed by atoms with Gasteiger partial charge in [-0.1, -0.05) is 72.8 Å². The molecule has 0 aliphatic rings. The third kappa shape index (κ3) is 2.20. The van der Waals surface area contributed by atoms with Crippen LogP contribution in [0.25, 0.3) is 43.1 Å². The van der Waals surface area contributed by atoms with E-state index in [1.165, 1.54) is 32.3 Å². The summed E-state index contributed by atoms with van der Waals surface area (Å²) in [6, 6.07) is 25.7. The van der Waals surface area contributed by atoms with Gasteiger partial charge in [0, 0.05) is 17.0 Å². The number of benzene rings is 5. The minimum Gasteiger partial charge on any atom is -0.262 e. The van der Waals surface area contributed by atoms with Crippen LogP contribution in [0, 0.1) is 0 Å². The van der Waals surface area contributed by atoms with Crippen molar-refractivity contribution in [2.75, 3.05) is 0 Å². The standard InChI is InChI=1S/C25H18N2/c1-3-27-24-21-15-13-16-8-4-6-10-18(16)22(21)20-14-12-17-9-5-7-11-19(17)23(20)25(24)26-2/h3-15H,2H2,1H3/b27-3-. The van der Waals surface area contributed by atoms with Gasteiger partial charge in [-0.25, -0.2) is 0 Å². The van der Waals surface area contributed by atoms with Crippen molar-refractivity contribution >= 4 is 67.4 Å². The van der Waals surface area contributed by atoms with Gasteiger partial charge >= 0.3 is 0 Å². The van der Waals surface area contributed by atoms with E-state index in [1.807, 2.05) is 13.1 Å². The van der Waals surface area contributed by atoms with Crippen LogP contribution in [0.4, 0.5) is 11.4 Å². The molecule has 0 amide bonds. The summed E-state index contributed by atoms with van der Waals surface area (Å²) < 4.78 is 0. The van der Waals surface area contributed by atoms with Gasteiger partial charge in [-0.3, -0.25) is 9.98 Å². The summed E-state index contributed by atoms with van der Waals surface area (Å²) in [6.07, 6.45) is 1.83. The van der Waals surface area contributed by atoms with Gasteiger partial charge in [-0.05, 0) is 46.0 Å². The molecule has 0 aliphatic heterocycles. The van der Waals surface area contributed by atoms with Crippen molar-refractivity contribution in [1.82, 2.24) is 0 Å². The summed E-state index contributed by atoms with van der Waals surface area (Å²) >= 11 is 0. The summed E-state index contributed by atoms with van der Waals surface area (Å²) in [5.74, 6) is 0. The first-order valence-electron chi connectivity index (χ1n) is 9.08. The van der Waals surface area contributed by atoms with Crippen LogP contribution in [0.15, 0.2) is 82.8 Å². The largest absolute Gasteiger partial charge is 0.262 e. The van der Waals surface area contributed by atoms with Gasteiger partial charge < -0.3 is 0 Å². The second-order valence-corrected chi connectivity index (χ2v) is 6.66. The fraction of sp³-hybridized carbons (Fsp3) is 0.0400. The Kier molecular flexibility index (Phi) is 3.51. The Balaban J connectivity index is 2.20. The molecule has 0 aromatic heterocycles. The van der Waals surface area contributed by atoms with Gasteiger partial charge in [0.05, 0.1) is 11.4 Å². The zero-order valence-corrected chi connectivity index (χ0v) is 15.1. The minimum atomic E-state index is 0.850. The molecule has 0 saturated carbocycles. The molecule has 2 heteroatoms. The van der Waals surface area contributed by atoms with Crippen LogP contribution in [0.5, 0.6) is 0 Å². The predicted molar refractivity (Wildman–Crippen MR) is 120 cm³/mol. The Hall–Kier alpha value is -3.52. The molecule has 0 radical (unpaired) electrons. The Labute approximate surface area is 157 Å². The zero-order valence-electron chi connectivity index (χ0n) is 15.1. The van der Waals surface area contributed by atoms with E-state index >= 15 is 0 Å². The van der Waals surface area contributed by atoms with E-state index in [0.29, 0.717) is 0 Å². The molecule has 0 N–H and O–H groups in total. The lowest BCUT2D eigenvalue weighted by Crippen LogP contribution is -1.86. The van der Waals surface area contributed by atoms with E-state index in [0.717, 1.165) is 22.1 Å². The molecule has 27 heavy (non-hydrogen) atoms. The van der Waals surface area contributed by atoms with Crippen LogP contribution >= 0.6 is 0 Å². The van der Waals surface area contributed by atoms with Gasteiger partial charge in [0.2, 0.25) is 0 Å². The first-order chi connectivity index (χ1) is 13.3. The summed E-state index contributed by atoms with van der Waals surface area (Å²) in [4.78, 5) is 9.14. The molecular weight excluding hydrogens is 328 g/mol. The van der Waals surface area contributed by atoms with Gasteiger partial charge in [0.1, 0.15) is 0 Å². The SMILES string of the molecule is C=Nc1c(/N=C\C)c2ccc3ccccc3c2c2ccc3ccccc3c12. The summed E-state index contributed by atoms with van der Waals surface area (Å²) in [5.41, 5.74) is 1.74. The van der Waals surface area contributed by atoms with Gasteiger partial charge in [-0.15, -0.1) is 0 Å². The fourth-order valence-electron chi connectivity index (χ4n) is 4.15. The average Bonchev–Trinajstić information content (AvgIpc) is 2.73. The summed E-state index contributed by atoms with van der Waals surface area (Å²) in [6.45, 7) is 5.81. The molecule has 128 valence electrons. The van der Waals surface area contributed by atoms with Crippen molar-refractivity contribution in [3.8, 4) is 0 Å². The van der Waals surface area contributed by atoms with Crippen LogP contribution in [0.2, 0.25) is 0 Å². The normalized spacial score (nSPS) is 11.9. The van der Waals surface area contributed by atoms with E-state index in [2.05, 4.69) is 84.5 Å². The molecule has 5 rings (SSSR count). The molecule has 0 spiro atoms. The molecule has 0 atom stereocenters. The third-order valence-electron chi connectivity index (χ3n) is 5.26. The number of aliphatic imine (C=N–C) groups is 2. The number of nitrogens with zero attached hydrogens (tertiary/aromatic N) is 2. The zero-order chi connectivity index (χ0) is 18.4. The predicted octanol–water partition coefficient (Wildman–Crippen LogP) is 7.35. The average molecular weight is 346 g/mol. The first-order valence-corrected chi connectivity index (χ1v) is 9.08. The highest BCUT2D eigenvalue weighted by Gasteiger charge is 2.17. The second kappa shape index (κ2) is 6.03. The number of rotatable bonds is 2. The van der Waals surface area contributed by atoms with Crippen molar-refractivity contribution in [1.29, 1.82) is 0 Å². The summed E-state index contributed by atoms with van der Waals surface area (Å²) in [7, 11) is 0. The summed E-state index contributed by atoms with van der Waals surface area (Å²) in [5, 5.41) is 9.48.